The fourth-order valence-corrected chi connectivity index (χ4v) is 3.90. The van der Waals surface area contributed by atoms with Crippen LogP contribution in [0.15, 0.2) is 0 Å². The highest BCUT2D eigenvalue weighted by Crippen LogP contribution is 2.33. The van der Waals surface area contributed by atoms with E-state index in [-0.39, 0.29) is 24.1 Å². The van der Waals surface area contributed by atoms with Crippen LogP contribution in [0.2, 0.25) is 0 Å². The van der Waals surface area contributed by atoms with Crippen molar-refractivity contribution in [2.45, 2.75) is 43.0 Å². The molecule has 0 radical (unpaired) electrons. The van der Waals surface area contributed by atoms with Crippen LogP contribution in [-0.2, 0) is 9.53 Å². The van der Waals surface area contributed by atoms with Crippen molar-refractivity contribution in [1.29, 1.82) is 0 Å². The molecule has 0 aromatic carbocycles. The van der Waals surface area contributed by atoms with Crippen molar-refractivity contribution in [3.05, 3.63) is 0 Å². The fourth-order valence-electron chi connectivity index (χ4n) is 2.36. The molecule has 0 spiro atoms. The number of nitrogens with one attached hydrogen (secondary N) is 2. The van der Waals surface area contributed by atoms with Crippen molar-refractivity contribution in [2.24, 2.45) is 0 Å². The Kier molecular flexibility index (Phi) is 4.15. The van der Waals surface area contributed by atoms with Crippen molar-refractivity contribution in [3.8, 4) is 0 Å². The summed E-state index contributed by atoms with van der Waals surface area (Å²) in [6.07, 6.45) is 3.41. The highest BCUT2D eigenvalue weighted by Gasteiger charge is 2.42. The van der Waals surface area contributed by atoms with Gasteiger partial charge in [-0.1, -0.05) is 6.42 Å². The molecule has 0 saturated carbocycles. The van der Waals surface area contributed by atoms with Crippen molar-refractivity contribution < 1.29 is 14.3 Å². The van der Waals surface area contributed by atoms with Crippen molar-refractivity contribution in [2.75, 3.05) is 12.9 Å². The second kappa shape index (κ2) is 5.62. The lowest BCUT2D eigenvalue weighted by atomic mass is 10.0. The van der Waals surface area contributed by atoms with Crippen LogP contribution in [0.25, 0.3) is 0 Å². The van der Waals surface area contributed by atoms with Crippen molar-refractivity contribution >= 4 is 23.8 Å². The summed E-state index contributed by atoms with van der Waals surface area (Å²) in [7, 11) is 1.42. The van der Waals surface area contributed by atoms with Crippen LogP contribution >= 0.6 is 11.8 Å². The van der Waals surface area contributed by atoms with Gasteiger partial charge in [-0.15, -0.1) is 0 Å². The molecule has 2 rings (SSSR count). The molecule has 2 N–H and O–H groups in total. The number of amides is 2. The number of hydrogen-bond acceptors (Lipinski definition) is 4. The highest BCUT2D eigenvalue weighted by atomic mass is 32.2. The van der Waals surface area contributed by atoms with Gasteiger partial charge in [0.15, 0.2) is 0 Å². The quantitative estimate of drug-likeness (QED) is 0.436. The molecule has 0 aliphatic carbocycles. The minimum Gasteiger partial charge on any atom is -0.469 e. The third kappa shape index (κ3) is 3.06. The Morgan fingerprint density at radius 1 is 1.47 bits per heavy atom. The first-order chi connectivity index (χ1) is 8.20. The first kappa shape index (κ1) is 12.5. The van der Waals surface area contributed by atoms with E-state index in [1.165, 1.54) is 7.11 Å². The molecule has 0 unspecified atom stereocenters. The summed E-state index contributed by atoms with van der Waals surface area (Å²) in [4.78, 5) is 22.1. The monoisotopic (exact) mass is 258 g/mol. The van der Waals surface area contributed by atoms with Gasteiger partial charge in [0.05, 0.1) is 19.2 Å². The molecule has 2 amide bonds. The number of urea groups is 1. The SMILES string of the molecule is COC(=O)CCCC[C@@H]1SC[C@H]2NC(=O)N[C@@H]12. The van der Waals surface area contributed by atoms with E-state index in [4.69, 9.17) is 0 Å². The molecule has 2 aliphatic heterocycles. The Bertz CT molecular complexity index is 311. The van der Waals surface area contributed by atoms with Gasteiger partial charge in [-0.25, -0.2) is 4.79 Å². The number of rotatable bonds is 5. The van der Waals surface area contributed by atoms with Gasteiger partial charge in [0, 0.05) is 17.4 Å². The minimum absolute atomic E-state index is 0.0418. The lowest BCUT2D eigenvalue weighted by Gasteiger charge is -2.16. The second-order valence-electron chi connectivity index (χ2n) is 4.44. The molecule has 0 aromatic heterocycles. The smallest absolute Gasteiger partial charge is 0.315 e. The van der Waals surface area contributed by atoms with Gasteiger partial charge in [-0.3, -0.25) is 4.79 Å². The number of carbonyl (C=O) groups excluding carboxylic acids is 2. The van der Waals surface area contributed by atoms with E-state index in [9.17, 15) is 9.59 Å². The Labute approximate surface area is 105 Å². The molecule has 0 aromatic rings. The third-order valence-corrected chi connectivity index (χ3v) is 4.79. The number of thioether (sulfide) groups is 1. The Morgan fingerprint density at radius 3 is 3.06 bits per heavy atom. The molecule has 2 aliphatic rings. The van der Waals surface area contributed by atoms with E-state index in [0.717, 1.165) is 25.0 Å². The number of fused-ring (bicyclic) bond motifs is 1. The zero-order valence-electron chi connectivity index (χ0n) is 9.90. The summed E-state index contributed by atoms with van der Waals surface area (Å²) >= 11 is 1.91. The maximum absolute atomic E-state index is 11.2. The Hall–Kier alpha value is -0.910. The molecule has 5 nitrogen and oxygen atoms in total. The zero-order valence-corrected chi connectivity index (χ0v) is 10.7. The molecule has 2 fully saturated rings. The zero-order chi connectivity index (χ0) is 12.3. The molecule has 6 heteroatoms. The van der Waals surface area contributed by atoms with Gasteiger partial charge < -0.3 is 15.4 Å². The molecule has 0 bridgehead atoms. The molecule has 2 heterocycles. The lowest BCUT2D eigenvalue weighted by molar-refractivity contribution is -0.140. The van der Waals surface area contributed by atoms with Gasteiger partial charge in [0.25, 0.3) is 0 Å². The van der Waals surface area contributed by atoms with E-state index >= 15 is 0 Å². The summed E-state index contributed by atoms with van der Waals surface area (Å²) in [5.74, 6) is 0.850. The fraction of sp³-hybridized carbons (Fsp3) is 0.818. The van der Waals surface area contributed by atoms with Gasteiger partial charge >= 0.3 is 12.0 Å². The molecular formula is C11H18N2O3S. The first-order valence-corrected chi connectivity index (χ1v) is 7.01. The number of hydrogen-bond donors (Lipinski definition) is 2. The van der Waals surface area contributed by atoms with Crippen LogP contribution in [-0.4, -0.2) is 42.2 Å². The number of esters is 1. The van der Waals surface area contributed by atoms with Gasteiger partial charge in [-0.05, 0) is 12.8 Å². The van der Waals surface area contributed by atoms with E-state index in [0.29, 0.717) is 11.7 Å². The van der Waals surface area contributed by atoms with E-state index < -0.39 is 0 Å². The van der Waals surface area contributed by atoms with Crippen LogP contribution in [0.4, 0.5) is 4.79 Å². The predicted octanol–water partition coefficient (Wildman–Crippen LogP) is 0.885. The normalized spacial score (nSPS) is 30.6. The molecule has 2 saturated heterocycles. The molecule has 96 valence electrons. The second-order valence-corrected chi connectivity index (χ2v) is 5.72. The number of ether oxygens (including phenoxy) is 1. The highest BCUT2D eigenvalue weighted by molar-refractivity contribution is 8.00. The molecule has 17 heavy (non-hydrogen) atoms. The van der Waals surface area contributed by atoms with Crippen LogP contribution < -0.4 is 10.6 Å². The summed E-state index contributed by atoms with van der Waals surface area (Å²) in [5, 5.41) is 6.37. The average molecular weight is 258 g/mol. The van der Waals surface area contributed by atoms with Crippen LogP contribution in [0.5, 0.6) is 0 Å². The van der Waals surface area contributed by atoms with E-state index in [1.54, 1.807) is 0 Å². The number of unbranched alkanes of at least 4 members (excludes halogenated alkanes) is 1. The first-order valence-electron chi connectivity index (χ1n) is 5.96. The van der Waals surface area contributed by atoms with E-state index in [2.05, 4.69) is 15.4 Å². The average Bonchev–Trinajstić information content (AvgIpc) is 2.84. The van der Waals surface area contributed by atoms with Gasteiger partial charge in [-0.2, -0.15) is 11.8 Å². The lowest BCUT2D eigenvalue weighted by Crippen LogP contribution is -2.36. The summed E-state index contributed by atoms with van der Waals surface area (Å²) in [6, 6.07) is 0.517. The van der Waals surface area contributed by atoms with Gasteiger partial charge in [0.2, 0.25) is 0 Å². The number of carbonyl (C=O) groups is 2. The summed E-state index contributed by atoms with van der Waals surface area (Å²) in [5.41, 5.74) is 0. The van der Waals surface area contributed by atoms with E-state index in [1.807, 2.05) is 11.8 Å². The van der Waals surface area contributed by atoms with Crippen LogP contribution in [0, 0.1) is 0 Å². The summed E-state index contributed by atoms with van der Waals surface area (Å²) < 4.78 is 4.59. The largest absolute Gasteiger partial charge is 0.469 e. The maximum Gasteiger partial charge on any atom is 0.315 e. The van der Waals surface area contributed by atoms with Crippen molar-refractivity contribution in [3.63, 3.8) is 0 Å². The summed E-state index contributed by atoms with van der Waals surface area (Å²) in [6.45, 7) is 0. The minimum atomic E-state index is -0.141. The van der Waals surface area contributed by atoms with Crippen LogP contribution in [0.3, 0.4) is 0 Å². The molecule has 3 atom stereocenters. The van der Waals surface area contributed by atoms with Crippen LogP contribution in [0.1, 0.15) is 25.7 Å². The van der Waals surface area contributed by atoms with Crippen molar-refractivity contribution in [1.82, 2.24) is 10.6 Å². The Morgan fingerprint density at radius 2 is 2.29 bits per heavy atom. The maximum atomic E-state index is 11.2. The standard InChI is InChI=1S/C11H18N2O3S/c1-16-9(14)5-3-2-4-8-10-7(6-17-8)12-11(15)13-10/h7-8,10H,2-6H2,1H3,(H2,12,13,15)/t7-,8+,10-/m1/s1. The topological polar surface area (TPSA) is 67.4 Å². The third-order valence-electron chi connectivity index (χ3n) is 3.29. The number of methoxy groups -OCH3 is 1. The predicted molar refractivity (Wildman–Crippen MR) is 66.0 cm³/mol. The molecular weight excluding hydrogens is 240 g/mol. The van der Waals surface area contributed by atoms with Gasteiger partial charge in [0.1, 0.15) is 0 Å². The Balaban J connectivity index is 1.66.